The van der Waals surface area contributed by atoms with Crippen molar-refractivity contribution < 1.29 is 14.3 Å². The van der Waals surface area contributed by atoms with Crippen molar-refractivity contribution in [2.75, 3.05) is 7.11 Å². The zero-order chi connectivity index (χ0) is 17.0. The highest BCUT2D eigenvalue weighted by molar-refractivity contribution is 6.15. The van der Waals surface area contributed by atoms with Gasteiger partial charge in [-0.15, -0.1) is 0 Å². The fourth-order valence-electron chi connectivity index (χ4n) is 2.59. The van der Waals surface area contributed by atoms with Crippen LogP contribution in [0, 0.1) is 0 Å². The highest BCUT2D eigenvalue weighted by atomic mass is 16.5. The predicted octanol–water partition coefficient (Wildman–Crippen LogP) is 4.45. The number of ether oxygens (including phenoxy) is 1. The highest BCUT2D eigenvalue weighted by Crippen LogP contribution is 2.27. The fraction of sp³-hybridized carbons (Fsp3) is 0.300. The predicted molar refractivity (Wildman–Crippen MR) is 91.4 cm³/mol. The molecule has 2 rings (SSSR count). The van der Waals surface area contributed by atoms with Crippen LogP contribution in [0.5, 0.6) is 5.75 Å². The summed E-state index contributed by atoms with van der Waals surface area (Å²) in [5, 5.41) is 0. The van der Waals surface area contributed by atoms with Gasteiger partial charge in [0.15, 0.2) is 11.6 Å². The summed E-state index contributed by atoms with van der Waals surface area (Å²) < 4.78 is 5.20. The lowest BCUT2D eigenvalue weighted by Gasteiger charge is -2.22. The van der Waals surface area contributed by atoms with Crippen LogP contribution in [0.3, 0.4) is 0 Å². The third kappa shape index (κ3) is 3.86. The Morgan fingerprint density at radius 3 is 2.00 bits per heavy atom. The van der Waals surface area contributed by atoms with Gasteiger partial charge < -0.3 is 4.74 Å². The number of carbonyl (C=O) groups excluding carboxylic acids is 2. The van der Waals surface area contributed by atoms with E-state index in [1.165, 1.54) is 7.11 Å². The van der Waals surface area contributed by atoms with E-state index in [9.17, 15) is 9.59 Å². The van der Waals surface area contributed by atoms with Crippen LogP contribution in [-0.2, 0) is 5.41 Å². The van der Waals surface area contributed by atoms with Crippen LogP contribution in [-0.4, -0.2) is 18.7 Å². The van der Waals surface area contributed by atoms with Gasteiger partial charge in [0.05, 0.1) is 19.1 Å². The quantitative estimate of drug-likeness (QED) is 0.605. The number of ketones is 2. The second-order valence-corrected chi connectivity index (χ2v) is 6.52. The van der Waals surface area contributed by atoms with Crippen molar-refractivity contribution in [1.82, 2.24) is 0 Å². The minimum absolute atomic E-state index is 0.153. The molecule has 0 aliphatic rings. The number of hydrogen-bond donors (Lipinski definition) is 0. The Labute approximate surface area is 137 Å². The Balaban J connectivity index is 2.28. The highest BCUT2D eigenvalue weighted by Gasteiger charge is 2.23. The molecule has 0 spiro atoms. The van der Waals surface area contributed by atoms with Crippen LogP contribution in [0.15, 0.2) is 48.5 Å². The average molecular weight is 310 g/mol. The van der Waals surface area contributed by atoms with E-state index in [-0.39, 0.29) is 23.4 Å². The first-order valence-corrected chi connectivity index (χ1v) is 7.63. The molecule has 0 amide bonds. The second kappa shape index (κ2) is 6.78. The smallest absolute Gasteiger partial charge is 0.174 e. The number of methoxy groups -OCH3 is 1. The number of Topliss-reactive ketones (excluding diaryl/α,β-unsaturated/α-hetero) is 2. The Morgan fingerprint density at radius 2 is 1.39 bits per heavy atom. The van der Waals surface area contributed by atoms with Crippen LogP contribution in [0.4, 0.5) is 0 Å². The summed E-state index contributed by atoms with van der Waals surface area (Å²) in [6.45, 7) is 6.17. The molecule has 0 heterocycles. The van der Waals surface area contributed by atoms with Gasteiger partial charge in [0.25, 0.3) is 0 Å². The van der Waals surface area contributed by atoms with Crippen LogP contribution in [0.25, 0.3) is 0 Å². The van der Waals surface area contributed by atoms with Crippen LogP contribution in [0.1, 0.15) is 53.5 Å². The molecule has 3 heteroatoms. The maximum absolute atomic E-state index is 12.6. The molecular weight excluding hydrogens is 288 g/mol. The molecule has 3 nitrogen and oxygen atoms in total. The molecule has 0 unspecified atom stereocenters. The first kappa shape index (κ1) is 16.9. The molecule has 0 aromatic heterocycles. The lowest BCUT2D eigenvalue weighted by atomic mass is 9.82. The minimum Gasteiger partial charge on any atom is -0.496 e. The fourth-order valence-corrected chi connectivity index (χ4v) is 2.59. The van der Waals surface area contributed by atoms with Gasteiger partial charge in [0, 0.05) is 5.56 Å². The molecule has 0 saturated carbocycles. The van der Waals surface area contributed by atoms with Gasteiger partial charge in [-0.1, -0.05) is 57.2 Å². The first-order chi connectivity index (χ1) is 10.8. The summed E-state index contributed by atoms with van der Waals surface area (Å²) in [7, 11) is 1.52. The zero-order valence-electron chi connectivity index (χ0n) is 14.1. The first-order valence-electron chi connectivity index (χ1n) is 7.63. The van der Waals surface area contributed by atoms with Gasteiger partial charge in [0.2, 0.25) is 0 Å². The summed E-state index contributed by atoms with van der Waals surface area (Å²) in [5.41, 5.74) is 1.86. The lowest BCUT2D eigenvalue weighted by Crippen LogP contribution is -2.18. The standard InChI is InChI=1S/C20H22O3/c1-20(2,3)16-11-7-5-9-14(16)17(21)13-18(22)15-10-6-8-12-19(15)23-4/h5-12H,13H2,1-4H3. The molecule has 2 aromatic rings. The van der Waals surface area contributed by atoms with E-state index < -0.39 is 0 Å². The van der Waals surface area contributed by atoms with E-state index in [4.69, 9.17) is 4.74 Å². The monoisotopic (exact) mass is 310 g/mol. The normalized spacial score (nSPS) is 11.1. The van der Waals surface area contributed by atoms with Crippen LogP contribution >= 0.6 is 0 Å². The molecule has 120 valence electrons. The van der Waals surface area contributed by atoms with E-state index in [1.54, 1.807) is 30.3 Å². The Morgan fingerprint density at radius 1 is 0.870 bits per heavy atom. The van der Waals surface area contributed by atoms with Gasteiger partial charge >= 0.3 is 0 Å². The van der Waals surface area contributed by atoms with Crippen molar-refractivity contribution in [2.24, 2.45) is 0 Å². The van der Waals surface area contributed by atoms with Gasteiger partial charge in [0.1, 0.15) is 5.75 Å². The third-order valence-corrected chi connectivity index (χ3v) is 3.76. The second-order valence-electron chi connectivity index (χ2n) is 6.52. The molecule has 0 N–H and O–H groups in total. The summed E-state index contributed by atoms with van der Waals surface area (Å²) in [4.78, 5) is 25.1. The van der Waals surface area contributed by atoms with E-state index >= 15 is 0 Å². The van der Waals surface area contributed by atoms with Gasteiger partial charge in [-0.3, -0.25) is 9.59 Å². The zero-order valence-corrected chi connectivity index (χ0v) is 14.1. The molecule has 0 saturated heterocycles. The van der Waals surface area contributed by atoms with Crippen molar-refractivity contribution in [3.8, 4) is 5.75 Å². The molecule has 2 aromatic carbocycles. The number of hydrogen-bond acceptors (Lipinski definition) is 3. The average Bonchev–Trinajstić information content (AvgIpc) is 2.53. The van der Waals surface area contributed by atoms with Crippen LogP contribution in [0.2, 0.25) is 0 Å². The largest absolute Gasteiger partial charge is 0.496 e. The maximum atomic E-state index is 12.6. The molecule has 0 aliphatic carbocycles. The van der Waals surface area contributed by atoms with Crippen molar-refractivity contribution in [3.63, 3.8) is 0 Å². The van der Waals surface area contributed by atoms with E-state index in [0.717, 1.165) is 5.56 Å². The molecule has 0 radical (unpaired) electrons. The Bertz CT molecular complexity index is 724. The van der Waals surface area contributed by atoms with E-state index in [2.05, 4.69) is 20.8 Å². The van der Waals surface area contributed by atoms with Gasteiger partial charge in [-0.25, -0.2) is 0 Å². The van der Waals surface area contributed by atoms with Crippen molar-refractivity contribution in [2.45, 2.75) is 32.6 Å². The summed E-state index contributed by atoms with van der Waals surface area (Å²) in [6.07, 6.45) is -0.159. The molecule has 0 aliphatic heterocycles. The summed E-state index contributed by atoms with van der Waals surface area (Å²) in [5.74, 6) is 0.108. The summed E-state index contributed by atoms with van der Waals surface area (Å²) in [6, 6.07) is 14.5. The number of benzene rings is 2. The van der Waals surface area contributed by atoms with Crippen molar-refractivity contribution >= 4 is 11.6 Å². The molecule has 0 bridgehead atoms. The van der Waals surface area contributed by atoms with Crippen molar-refractivity contribution in [1.29, 1.82) is 0 Å². The molecule has 0 atom stereocenters. The van der Waals surface area contributed by atoms with Crippen molar-refractivity contribution in [3.05, 3.63) is 65.2 Å². The van der Waals surface area contributed by atoms with Crippen LogP contribution < -0.4 is 4.74 Å². The number of carbonyl (C=O) groups is 2. The minimum atomic E-state index is -0.226. The van der Waals surface area contributed by atoms with E-state index in [1.807, 2.05) is 18.2 Å². The number of para-hydroxylation sites is 1. The topological polar surface area (TPSA) is 43.4 Å². The Kier molecular flexibility index (Phi) is 4.99. The Hall–Kier alpha value is -2.42. The third-order valence-electron chi connectivity index (χ3n) is 3.76. The van der Waals surface area contributed by atoms with Gasteiger partial charge in [-0.2, -0.15) is 0 Å². The number of rotatable bonds is 5. The molecule has 0 fully saturated rings. The van der Waals surface area contributed by atoms with E-state index in [0.29, 0.717) is 16.9 Å². The SMILES string of the molecule is COc1ccccc1C(=O)CC(=O)c1ccccc1C(C)(C)C. The maximum Gasteiger partial charge on any atom is 0.174 e. The molecule has 23 heavy (non-hydrogen) atoms. The molecular formula is C20H22O3. The lowest BCUT2D eigenvalue weighted by molar-refractivity contribution is 0.0891. The summed E-state index contributed by atoms with van der Waals surface area (Å²) >= 11 is 0. The van der Waals surface area contributed by atoms with Gasteiger partial charge in [-0.05, 0) is 23.1 Å².